The third-order valence-electron chi connectivity index (χ3n) is 2.55. The van der Waals surface area contributed by atoms with Gasteiger partial charge in [-0.15, -0.1) is 0 Å². The second-order valence-corrected chi connectivity index (χ2v) is 3.77. The smallest absolute Gasteiger partial charge is 0.123 e. The van der Waals surface area contributed by atoms with E-state index in [1.807, 2.05) is 26.1 Å². The molecule has 2 nitrogen and oxygen atoms in total. The normalized spacial score (nSPS) is 12.7. The number of benzene rings is 1. The highest BCUT2D eigenvalue weighted by Crippen LogP contribution is 2.23. The van der Waals surface area contributed by atoms with E-state index < -0.39 is 0 Å². The van der Waals surface area contributed by atoms with Crippen molar-refractivity contribution in [2.45, 2.75) is 13.0 Å². The van der Waals surface area contributed by atoms with Crippen molar-refractivity contribution in [2.75, 3.05) is 7.05 Å². The zero-order valence-electron chi connectivity index (χ0n) is 9.33. The predicted molar refractivity (Wildman–Crippen MR) is 60.7 cm³/mol. The standard InChI is InChI=1S/C13H14FNO/c1-9-6-11(8-16-9)13(15-2)10-4-3-5-12(14)7-10/h3-8,13,15H,1-2H3. The van der Waals surface area contributed by atoms with Crippen molar-refractivity contribution in [1.82, 2.24) is 5.32 Å². The molecule has 0 aliphatic rings. The van der Waals surface area contributed by atoms with Gasteiger partial charge in [-0.1, -0.05) is 12.1 Å². The van der Waals surface area contributed by atoms with Crippen LogP contribution < -0.4 is 5.32 Å². The third-order valence-corrected chi connectivity index (χ3v) is 2.55. The van der Waals surface area contributed by atoms with Crippen molar-refractivity contribution in [2.24, 2.45) is 0 Å². The molecule has 1 unspecified atom stereocenters. The summed E-state index contributed by atoms with van der Waals surface area (Å²) >= 11 is 0. The highest BCUT2D eigenvalue weighted by atomic mass is 19.1. The fourth-order valence-electron chi connectivity index (χ4n) is 1.83. The molecular weight excluding hydrogens is 205 g/mol. The molecule has 0 saturated carbocycles. The number of hydrogen-bond acceptors (Lipinski definition) is 2. The van der Waals surface area contributed by atoms with E-state index in [1.54, 1.807) is 12.3 Å². The Hall–Kier alpha value is -1.61. The first-order valence-corrected chi connectivity index (χ1v) is 5.18. The highest BCUT2D eigenvalue weighted by Gasteiger charge is 2.14. The number of rotatable bonds is 3. The lowest BCUT2D eigenvalue weighted by Gasteiger charge is -2.14. The van der Waals surface area contributed by atoms with Crippen molar-refractivity contribution in [3.05, 3.63) is 59.3 Å². The molecule has 0 amide bonds. The molecule has 0 aliphatic heterocycles. The van der Waals surface area contributed by atoms with Gasteiger partial charge in [-0.2, -0.15) is 0 Å². The van der Waals surface area contributed by atoms with Crippen LogP contribution in [0.25, 0.3) is 0 Å². The van der Waals surface area contributed by atoms with Gasteiger partial charge in [0.1, 0.15) is 11.6 Å². The SMILES string of the molecule is CNC(c1cccc(F)c1)c1coc(C)c1. The Labute approximate surface area is 94.1 Å². The molecule has 1 heterocycles. The highest BCUT2D eigenvalue weighted by molar-refractivity contribution is 5.30. The van der Waals surface area contributed by atoms with Crippen LogP contribution >= 0.6 is 0 Å². The van der Waals surface area contributed by atoms with Crippen LogP contribution in [0.1, 0.15) is 22.9 Å². The van der Waals surface area contributed by atoms with Gasteiger partial charge >= 0.3 is 0 Å². The summed E-state index contributed by atoms with van der Waals surface area (Å²) in [6, 6.07) is 8.49. The Kier molecular flexibility index (Phi) is 3.06. The molecule has 84 valence electrons. The van der Waals surface area contributed by atoms with Crippen LogP contribution in [-0.4, -0.2) is 7.05 Å². The van der Waals surface area contributed by atoms with Gasteiger partial charge < -0.3 is 9.73 Å². The van der Waals surface area contributed by atoms with Crippen molar-refractivity contribution >= 4 is 0 Å². The van der Waals surface area contributed by atoms with Crippen molar-refractivity contribution < 1.29 is 8.81 Å². The Morgan fingerprint density at radius 3 is 2.62 bits per heavy atom. The largest absolute Gasteiger partial charge is 0.469 e. The Morgan fingerprint density at radius 2 is 2.06 bits per heavy atom. The van der Waals surface area contributed by atoms with E-state index in [1.165, 1.54) is 12.1 Å². The minimum Gasteiger partial charge on any atom is -0.469 e. The van der Waals surface area contributed by atoms with Gasteiger partial charge in [0.25, 0.3) is 0 Å². The Morgan fingerprint density at radius 1 is 1.25 bits per heavy atom. The van der Waals surface area contributed by atoms with E-state index in [9.17, 15) is 4.39 Å². The minimum atomic E-state index is -0.224. The van der Waals surface area contributed by atoms with Gasteiger partial charge in [-0.25, -0.2) is 4.39 Å². The Balaban J connectivity index is 2.36. The number of furan rings is 1. The zero-order valence-corrected chi connectivity index (χ0v) is 9.33. The second kappa shape index (κ2) is 4.49. The fourth-order valence-corrected chi connectivity index (χ4v) is 1.83. The van der Waals surface area contributed by atoms with Crippen molar-refractivity contribution in [3.8, 4) is 0 Å². The summed E-state index contributed by atoms with van der Waals surface area (Å²) in [6.45, 7) is 1.89. The van der Waals surface area contributed by atoms with Crippen LogP contribution in [0.15, 0.2) is 41.0 Å². The maximum absolute atomic E-state index is 13.1. The Bertz CT molecular complexity index is 478. The van der Waals surface area contributed by atoms with Gasteiger partial charge in [0.2, 0.25) is 0 Å². The maximum Gasteiger partial charge on any atom is 0.123 e. The lowest BCUT2D eigenvalue weighted by molar-refractivity contribution is 0.527. The maximum atomic E-state index is 13.1. The van der Waals surface area contributed by atoms with Gasteiger partial charge in [0.15, 0.2) is 0 Å². The lowest BCUT2D eigenvalue weighted by atomic mass is 10.0. The van der Waals surface area contributed by atoms with E-state index in [4.69, 9.17) is 4.42 Å². The van der Waals surface area contributed by atoms with E-state index in [-0.39, 0.29) is 11.9 Å². The van der Waals surface area contributed by atoms with E-state index >= 15 is 0 Å². The first-order chi connectivity index (χ1) is 7.70. The van der Waals surface area contributed by atoms with Gasteiger partial charge in [0.05, 0.1) is 12.3 Å². The van der Waals surface area contributed by atoms with Crippen LogP contribution in [0.2, 0.25) is 0 Å². The summed E-state index contributed by atoms with van der Waals surface area (Å²) in [6.07, 6.45) is 1.70. The second-order valence-electron chi connectivity index (χ2n) is 3.77. The first kappa shape index (κ1) is 10.9. The van der Waals surface area contributed by atoms with Crippen LogP contribution in [0.5, 0.6) is 0 Å². The topological polar surface area (TPSA) is 25.2 Å². The minimum absolute atomic E-state index is 0.0341. The molecule has 1 N–H and O–H groups in total. The number of aryl methyl sites for hydroxylation is 1. The number of nitrogens with one attached hydrogen (secondary N) is 1. The summed E-state index contributed by atoms with van der Waals surface area (Å²) in [4.78, 5) is 0. The molecule has 3 heteroatoms. The molecule has 0 spiro atoms. The van der Waals surface area contributed by atoms with Gasteiger partial charge in [0, 0.05) is 5.56 Å². The predicted octanol–water partition coefficient (Wildman–Crippen LogP) is 3.04. The van der Waals surface area contributed by atoms with Crippen LogP contribution in [-0.2, 0) is 0 Å². The van der Waals surface area contributed by atoms with Crippen LogP contribution in [0, 0.1) is 12.7 Å². The molecule has 0 radical (unpaired) electrons. The molecule has 0 saturated heterocycles. The molecule has 1 atom stereocenters. The third kappa shape index (κ3) is 2.14. The summed E-state index contributed by atoms with van der Waals surface area (Å²) < 4.78 is 18.4. The van der Waals surface area contributed by atoms with Crippen LogP contribution in [0.3, 0.4) is 0 Å². The average Bonchev–Trinajstić information content (AvgIpc) is 2.66. The number of hydrogen-bond donors (Lipinski definition) is 1. The summed E-state index contributed by atoms with van der Waals surface area (Å²) in [5.74, 6) is 0.629. The molecule has 0 aliphatic carbocycles. The van der Waals surface area contributed by atoms with E-state index in [0.717, 1.165) is 16.9 Å². The summed E-state index contributed by atoms with van der Waals surface area (Å²) in [5, 5.41) is 3.15. The fraction of sp³-hybridized carbons (Fsp3) is 0.231. The van der Waals surface area contributed by atoms with E-state index in [0.29, 0.717) is 0 Å². The lowest BCUT2D eigenvalue weighted by Crippen LogP contribution is -2.17. The van der Waals surface area contributed by atoms with E-state index in [2.05, 4.69) is 5.32 Å². The van der Waals surface area contributed by atoms with Gasteiger partial charge in [-0.3, -0.25) is 0 Å². The molecule has 1 aromatic heterocycles. The monoisotopic (exact) mass is 219 g/mol. The van der Waals surface area contributed by atoms with Crippen molar-refractivity contribution in [3.63, 3.8) is 0 Å². The molecule has 0 bridgehead atoms. The summed E-state index contributed by atoms with van der Waals surface area (Å²) in [5.41, 5.74) is 1.90. The molecule has 16 heavy (non-hydrogen) atoms. The van der Waals surface area contributed by atoms with Crippen molar-refractivity contribution in [1.29, 1.82) is 0 Å². The molecule has 1 aromatic carbocycles. The zero-order chi connectivity index (χ0) is 11.5. The number of halogens is 1. The van der Waals surface area contributed by atoms with Crippen LogP contribution in [0.4, 0.5) is 4.39 Å². The molecule has 2 aromatic rings. The molecule has 0 fully saturated rings. The molecule has 2 rings (SSSR count). The molecular formula is C13H14FNO. The first-order valence-electron chi connectivity index (χ1n) is 5.18. The quantitative estimate of drug-likeness (QED) is 0.858. The summed E-state index contributed by atoms with van der Waals surface area (Å²) in [7, 11) is 1.85. The van der Waals surface area contributed by atoms with Gasteiger partial charge in [-0.05, 0) is 37.7 Å². The average molecular weight is 219 g/mol.